The molecule has 2 aliphatic rings. The molecule has 1 amide bonds. The van der Waals surface area contributed by atoms with Gasteiger partial charge in [0.2, 0.25) is 5.88 Å². The fourth-order valence-electron chi connectivity index (χ4n) is 4.48. The first kappa shape index (κ1) is 18.9. The van der Waals surface area contributed by atoms with Crippen LogP contribution in [0.2, 0.25) is 0 Å². The van der Waals surface area contributed by atoms with Crippen molar-refractivity contribution in [3.63, 3.8) is 0 Å². The summed E-state index contributed by atoms with van der Waals surface area (Å²) in [6.45, 7) is 5.67. The van der Waals surface area contributed by atoms with Gasteiger partial charge in [-0.2, -0.15) is 10.2 Å². The number of fused-ring (bicyclic) bond motifs is 3. The highest BCUT2D eigenvalue weighted by molar-refractivity contribution is 5.70. The molecule has 30 heavy (non-hydrogen) atoms. The quantitative estimate of drug-likeness (QED) is 0.660. The normalized spacial score (nSPS) is 23.3. The van der Waals surface area contributed by atoms with Gasteiger partial charge in [0.25, 0.3) is 0 Å². The molecule has 0 N–H and O–H groups in total. The van der Waals surface area contributed by atoms with Crippen molar-refractivity contribution in [3.05, 3.63) is 30.9 Å². The van der Waals surface area contributed by atoms with Crippen LogP contribution < -0.4 is 4.74 Å². The largest absolute Gasteiger partial charge is 0.471 e. The summed E-state index contributed by atoms with van der Waals surface area (Å²) in [6, 6.07) is 2.03. The lowest BCUT2D eigenvalue weighted by molar-refractivity contribution is 0.0181. The fourth-order valence-corrected chi connectivity index (χ4v) is 4.48. The van der Waals surface area contributed by atoms with Crippen LogP contribution in [0.1, 0.15) is 40.0 Å². The van der Waals surface area contributed by atoms with Gasteiger partial charge in [-0.1, -0.05) is 0 Å². The number of amides is 1. The first-order valence-electron chi connectivity index (χ1n) is 10.3. The lowest BCUT2D eigenvalue weighted by atomic mass is 9.98. The highest BCUT2D eigenvalue weighted by Crippen LogP contribution is 2.41. The van der Waals surface area contributed by atoms with Crippen LogP contribution in [0.4, 0.5) is 4.79 Å². The van der Waals surface area contributed by atoms with Crippen LogP contribution in [0.15, 0.2) is 30.9 Å². The molecule has 5 rings (SSSR count). The third kappa shape index (κ3) is 3.28. The second-order valence-electron chi connectivity index (χ2n) is 9.07. The molecule has 0 unspecified atom stereocenters. The van der Waals surface area contributed by atoms with Gasteiger partial charge < -0.3 is 9.47 Å². The van der Waals surface area contributed by atoms with Gasteiger partial charge >= 0.3 is 6.09 Å². The minimum atomic E-state index is -0.515. The van der Waals surface area contributed by atoms with E-state index in [2.05, 4.69) is 10.2 Å². The number of ether oxygens (including phenoxy) is 2. The summed E-state index contributed by atoms with van der Waals surface area (Å²) in [5.74, 6) is 0.524. The molecule has 3 aromatic rings. The molecule has 0 spiro atoms. The zero-order chi connectivity index (χ0) is 21.0. The molecule has 2 saturated heterocycles. The van der Waals surface area contributed by atoms with Crippen LogP contribution in [-0.4, -0.2) is 59.2 Å². The molecule has 0 radical (unpaired) electrons. The molecule has 3 aromatic heterocycles. The van der Waals surface area contributed by atoms with E-state index in [4.69, 9.17) is 14.5 Å². The van der Waals surface area contributed by atoms with Crippen molar-refractivity contribution in [2.45, 2.75) is 63.8 Å². The Balaban J connectivity index is 1.42. The van der Waals surface area contributed by atoms with Crippen LogP contribution >= 0.6 is 0 Å². The molecule has 5 heterocycles. The number of aromatic nitrogens is 5. The first-order valence-corrected chi connectivity index (χ1v) is 10.3. The van der Waals surface area contributed by atoms with Crippen LogP contribution in [0.3, 0.4) is 0 Å². The first-order chi connectivity index (χ1) is 14.3. The van der Waals surface area contributed by atoms with Crippen LogP contribution in [-0.2, 0) is 11.8 Å². The number of nitrogens with zero attached hydrogens (tertiary/aromatic N) is 6. The van der Waals surface area contributed by atoms with E-state index < -0.39 is 5.60 Å². The number of carbonyl (C=O) groups excluding carboxylic acids is 1. The third-order valence-corrected chi connectivity index (χ3v) is 5.70. The Kier molecular flexibility index (Phi) is 4.23. The summed E-state index contributed by atoms with van der Waals surface area (Å²) >= 11 is 0. The van der Waals surface area contributed by atoms with E-state index >= 15 is 0 Å². The molecule has 2 bridgehead atoms. The van der Waals surface area contributed by atoms with Crippen LogP contribution in [0.25, 0.3) is 16.8 Å². The molecular formula is C21H26N6O3. The van der Waals surface area contributed by atoms with Gasteiger partial charge in [-0.25, -0.2) is 14.3 Å². The zero-order valence-electron chi connectivity index (χ0n) is 17.6. The Morgan fingerprint density at radius 1 is 1.20 bits per heavy atom. The van der Waals surface area contributed by atoms with Gasteiger partial charge in [0.15, 0.2) is 0 Å². The predicted octanol–water partition coefficient (Wildman–Crippen LogP) is 3.05. The summed E-state index contributed by atoms with van der Waals surface area (Å²) in [5.41, 5.74) is 1.91. The minimum absolute atomic E-state index is 0.00308. The van der Waals surface area contributed by atoms with Gasteiger partial charge in [0, 0.05) is 31.3 Å². The molecular weight excluding hydrogens is 384 g/mol. The Labute approximate surface area is 174 Å². The standard InChI is InChI=1S/C21H26N6O3/c1-21(2,3)30-20(28)27-14-5-6-16(27)18(9-14)29-19-17-7-8-22-26(17)12-15(24-19)13-10-23-25(4)11-13/h7-8,10-12,14,16,18H,5-6,9H2,1-4H3/t14-,16+,18+/m0/s1. The highest BCUT2D eigenvalue weighted by atomic mass is 16.6. The molecule has 2 aliphatic heterocycles. The van der Waals surface area contributed by atoms with Crippen molar-refractivity contribution in [2.24, 2.45) is 7.05 Å². The number of hydrogen-bond donors (Lipinski definition) is 0. The van der Waals surface area contributed by atoms with Gasteiger partial charge in [-0.3, -0.25) is 9.58 Å². The van der Waals surface area contributed by atoms with E-state index in [1.54, 1.807) is 21.6 Å². The lowest BCUT2D eigenvalue weighted by Gasteiger charge is -2.28. The van der Waals surface area contributed by atoms with Crippen molar-refractivity contribution < 1.29 is 14.3 Å². The fraction of sp³-hybridized carbons (Fsp3) is 0.524. The number of carbonyl (C=O) groups is 1. The average molecular weight is 410 g/mol. The summed E-state index contributed by atoms with van der Waals surface area (Å²) in [7, 11) is 1.87. The van der Waals surface area contributed by atoms with Crippen LogP contribution in [0, 0.1) is 0 Å². The molecule has 0 saturated carbocycles. The van der Waals surface area contributed by atoms with Crippen LogP contribution in [0.5, 0.6) is 5.88 Å². The van der Waals surface area contributed by atoms with E-state index in [9.17, 15) is 4.79 Å². The Morgan fingerprint density at radius 2 is 2.03 bits per heavy atom. The second kappa shape index (κ2) is 6.72. The Hall–Kier alpha value is -3.10. The second-order valence-corrected chi connectivity index (χ2v) is 9.07. The molecule has 2 fully saturated rings. The predicted molar refractivity (Wildman–Crippen MR) is 109 cm³/mol. The van der Waals surface area contributed by atoms with Gasteiger partial charge in [0.05, 0.1) is 30.3 Å². The average Bonchev–Trinajstić information content (AvgIpc) is 3.42. The van der Waals surface area contributed by atoms with Crippen molar-refractivity contribution in [1.82, 2.24) is 29.3 Å². The Morgan fingerprint density at radius 3 is 2.77 bits per heavy atom. The van der Waals surface area contributed by atoms with Crippen molar-refractivity contribution >= 4 is 11.6 Å². The Bertz CT molecular complexity index is 1100. The number of aryl methyl sites for hydroxylation is 1. The van der Waals surface area contributed by atoms with E-state index in [1.165, 1.54) is 0 Å². The minimum Gasteiger partial charge on any atom is -0.471 e. The van der Waals surface area contributed by atoms with E-state index in [0.717, 1.165) is 36.0 Å². The molecule has 9 nitrogen and oxygen atoms in total. The van der Waals surface area contributed by atoms with Gasteiger partial charge in [-0.15, -0.1) is 0 Å². The van der Waals surface area contributed by atoms with Gasteiger partial charge in [0.1, 0.15) is 17.2 Å². The maximum absolute atomic E-state index is 12.7. The SMILES string of the molecule is Cn1cc(-c2cn3nccc3c(O[C@@H]3C[C@@H]4CC[C@H]3N4C(=O)OC(C)(C)C)n2)cn1. The lowest BCUT2D eigenvalue weighted by Crippen LogP contribution is -2.42. The highest BCUT2D eigenvalue weighted by Gasteiger charge is 2.51. The third-order valence-electron chi connectivity index (χ3n) is 5.70. The number of hydrogen-bond acceptors (Lipinski definition) is 6. The smallest absolute Gasteiger partial charge is 0.410 e. The topological polar surface area (TPSA) is 86.8 Å². The van der Waals surface area contributed by atoms with Crippen molar-refractivity contribution in [1.29, 1.82) is 0 Å². The maximum atomic E-state index is 12.7. The number of rotatable bonds is 3. The molecule has 9 heteroatoms. The molecule has 158 valence electrons. The summed E-state index contributed by atoms with van der Waals surface area (Å²) in [4.78, 5) is 19.4. The summed E-state index contributed by atoms with van der Waals surface area (Å²) in [6.07, 6.45) is 9.56. The molecule has 3 atom stereocenters. The summed E-state index contributed by atoms with van der Waals surface area (Å²) in [5, 5.41) is 8.59. The molecule has 0 aromatic carbocycles. The van der Waals surface area contributed by atoms with E-state index in [1.807, 2.05) is 51.2 Å². The summed E-state index contributed by atoms with van der Waals surface area (Å²) < 4.78 is 15.5. The zero-order valence-corrected chi connectivity index (χ0v) is 17.6. The van der Waals surface area contributed by atoms with Gasteiger partial charge in [-0.05, 0) is 39.7 Å². The van der Waals surface area contributed by atoms with E-state index in [-0.39, 0.29) is 24.3 Å². The van der Waals surface area contributed by atoms with E-state index in [0.29, 0.717) is 5.88 Å². The molecule has 0 aliphatic carbocycles. The maximum Gasteiger partial charge on any atom is 0.410 e. The monoisotopic (exact) mass is 410 g/mol. The van der Waals surface area contributed by atoms with Crippen molar-refractivity contribution in [2.75, 3.05) is 0 Å². The van der Waals surface area contributed by atoms with Crippen molar-refractivity contribution in [3.8, 4) is 17.1 Å².